The number of likely N-dealkylation sites (N-methyl/N-ethyl adjacent to an activating group) is 2. The van der Waals surface area contributed by atoms with Crippen LogP contribution in [-0.4, -0.2) is 38.0 Å². The third kappa shape index (κ3) is 7.28. The molecule has 1 N–H and O–H groups in total. The lowest BCUT2D eigenvalue weighted by molar-refractivity contribution is -0.124. The summed E-state index contributed by atoms with van der Waals surface area (Å²) < 4.78 is 0. The first-order valence-corrected chi connectivity index (χ1v) is 4.24. The van der Waals surface area contributed by atoms with E-state index in [-0.39, 0.29) is 5.91 Å². The average molecular weight is 172 g/mol. The smallest absolute Gasteiger partial charge is 0.245 e. The predicted molar refractivity (Wildman–Crippen MR) is 53.1 cm³/mol. The van der Waals surface area contributed by atoms with Crippen molar-refractivity contribution in [1.82, 2.24) is 10.2 Å². The van der Waals surface area contributed by atoms with E-state index in [1.165, 1.54) is 6.08 Å². The molecule has 3 heteroatoms. The Morgan fingerprint density at radius 1 is 1.58 bits per heavy atom. The summed E-state index contributed by atoms with van der Waals surface area (Å²) in [4.78, 5) is 12.4. The van der Waals surface area contributed by atoms with E-state index in [1.807, 2.05) is 20.9 Å². The van der Waals surface area contributed by atoms with Crippen molar-refractivity contribution < 1.29 is 4.79 Å². The molecule has 0 saturated heterocycles. The number of hydrogen-bond donors (Lipinski definition) is 1. The van der Waals surface area contributed by atoms with Gasteiger partial charge in [-0.1, -0.05) is 20.4 Å². The van der Waals surface area contributed by atoms with Crippen LogP contribution in [0.5, 0.6) is 0 Å². The molecule has 0 aliphatic rings. The molecule has 0 atom stereocenters. The molecule has 0 fully saturated rings. The SMILES string of the molecule is C=CC(=O)N(C)CCNC.CC. The Morgan fingerprint density at radius 2 is 2.08 bits per heavy atom. The van der Waals surface area contributed by atoms with E-state index in [0.29, 0.717) is 0 Å². The van der Waals surface area contributed by atoms with Crippen LogP contribution in [-0.2, 0) is 4.79 Å². The maximum atomic E-state index is 10.8. The Hall–Kier alpha value is -0.830. The van der Waals surface area contributed by atoms with Crippen molar-refractivity contribution in [2.45, 2.75) is 13.8 Å². The molecule has 0 aliphatic carbocycles. The maximum Gasteiger partial charge on any atom is 0.245 e. The molecule has 0 heterocycles. The summed E-state index contributed by atoms with van der Waals surface area (Å²) >= 11 is 0. The predicted octanol–water partition coefficient (Wildman–Crippen LogP) is 0.876. The van der Waals surface area contributed by atoms with Gasteiger partial charge in [0, 0.05) is 20.1 Å². The van der Waals surface area contributed by atoms with E-state index in [4.69, 9.17) is 0 Å². The number of nitrogens with one attached hydrogen (secondary N) is 1. The first-order valence-electron chi connectivity index (χ1n) is 4.24. The van der Waals surface area contributed by atoms with Gasteiger partial charge in [-0.2, -0.15) is 0 Å². The number of amides is 1. The summed E-state index contributed by atoms with van der Waals surface area (Å²) in [5.74, 6) is -0.0322. The fourth-order valence-electron chi connectivity index (χ4n) is 0.546. The van der Waals surface area contributed by atoms with Crippen molar-refractivity contribution in [3.05, 3.63) is 12.7 Å². The van der Waals surface area contributed by atoms with Crippen molar-refractivity contribution in [1.29, 1.82) is 0 Å². The Labute approximate surface area is 75.4 Å². The number of hydrogen-bond acceptors (Lipinski definition) is 2. The summed E-state index contributed by atoms with van der Waals surface area (Å²) in [6.45, 7) is 8.92. The van der Waals surface area contributed by atoms with Crippen LogP contribution < -0.4 is 5.32 Å². The van der Waals surface area contributed by atoms with Crippen LogP contribution in [0.15, 0.2) is 12.7 Å². The zero-order valence-electron chi connectivity index (χ0n) is 8.55. The van der Waals surface area contributed by atoms with Gasteiger partial charge in [0.2, 0.25) is 5.91 Å². The summed E-state index contributed by atoms with van der Waals surface area (Å²) in [7, 11) is 3.60. The summed E-state index contributed by atoms with van der Waals surface area (Å²) in [6.07, 6.45) is 1.32. The molecule has 0 aromatic rings. The van der Waals surface area contributed by atoms with E-state index in [1.54, 1.807) is 11.9 Å². The largest absolute Gasteiger partial charge is 0.341 e. The Kier molecular flexibility index (Phi) is 11.6. The van der Waals surface area contributed by atoms with E-state index in [0.717, 1.165) is 13.1 Å². The number of carbonyl (C=O) groups excluding carboxylic acids is 1. The van der Waals surface area contributed by atoms with E-state index in [2.05, 4.69) is 11.9 Å². The zero-order valence-corrected chi connectivity index (χ0v) is 8.55. The molecule has 12 heavy (non-hydrogen) atoms. The fourth-order valence-corrected chi connectivity index (χ4v) is 0.546. The van der Waals surface area contributed by atoms with Gasteiger partial charge in [0.25, 0.3) is 0 Å². The fraction of sp³-hybridized carbons (Fsp3) is 0.667. The first-order chi connectivity index (χ1) is 5.72. The third-order valence-corrected chi connectivity index (χ3v) is 1.25. The van der Waals surface area contributed by atoms with Crippen molar-refractivity contribution in [3.8, 4) is 0 Å². The molecule has 0 rings (SSSR count). The van der Waals surface area contributed by atoms with Gasteiger partial charge < -0.3 is 10.2 Å². The van der Waals surface area contributed by atoms with Gasteiger partial charge >= 0.3 is 0 Å². The van der Waals surface area contributed by atoms with Crippen LogP contribution in [0.25, 0.3) is 0 Å². The summed E-state index contributed by atoms with van der Waals surface area (Å²) in [5, 5.41) is 2.95. The van der Waals surface area contributed by atoms with E-state index >= 15 is 0 Å². The lowest BCUT2D eigenvalue weighted by Gasteiger charge is -2.13. The molecule has 0 bridgehead atoms. The lowest BCUT2D eigenvalue weighted by atomic mass is 10.5. The molecule has 0 spiro atoms. The minimum Gasteiger partial charge on any atom is -0.341 e. The number of carbonyl (C=O) groups is 1. The van der Waals surface area contributed by atoms with Gasteiger partial charge in [0.15, 0.2) is 0 Å². The summed E-state index contributed by atoms with van der Waals surface area (Å²) in [5.41, 5.74) is 0. The van der Waals surface area contributed by atoms with Gasteiger partial charge in [0.05, 0.1) is 0 Å². The molecular weight excluding hydrogens is 152 g/mol. The van der Waals surface area contributed by atoms with E-state index in [9.17, 15) is 4.79 Å². The van der Waals surface area contributed by atoms with Gasteiger partial charge in [-0.05, 0) is 13.1 Å². The number of nitrogens with zero attached hydrogens (tertiary/aromatic N) is 1. The standard InChI is InChI=1S/C7H14N2O.C2H6/c1-4-7(10)9(3)6-5-8-2;1-2/h4,8H,1,5-6H2,2-3H3;1-2H3. The van der Waals surface area contributed by atoms with Crippen LogP contribution >= 0.6 is 0 Å². The van der Waals surface area contributed by atoms with Gasteiger partial charge in [0.1, 0.15) is 0 Å². The highest BCUT2D eigenvalue weighted by atomic mass is 16.2. The minimum absolute atomic E-state index is 0.0322. The monoisotopic (exact) mass is 172 g/mol. The molecule has 1 amide bonds. The lowest BCUT2D eigenvalue weighted by Crippen LogP contribution is -2.31. The molecule has 72 valence electrons. The van der Waals surface area contributed by atoms with Crippen LogP contribution in [0, 0.1) is 0 Å². The minimum atomic E-state index is -0.0322. The molecule has 0 aliphatic heterocycles. The maximum absolute atomic E-state index is 10.8. The van der Waals surface area contributed by atoms with Crippen LogP contribution in [0.2, 0.25) is 0 Å². The molecular formula is C9H20N2O. The van der Waals surface area contributed by atoms with Crippen molar-refractivity contribution in [2.24, 2.45) is 0 Å². The normalized spacial score (nSPS) is 8.00. The Balaban J connectivity index is 0. The summed E-state index contributed by atoms with van der Waals surface area (Å²) in [6, 6.07) is 0. The van der Waals surface area contributed by atoms with Crippen LogP contribution in [0.4, 0.5) is 0 Å². The molecule has 0 radical (unpaired) electrons. The topological polar surface area (TPSA) is 32.3 Å². The van der Waals surface area contributed by atoms with Crippen LogP contribution in [0.1, 0.15) is 13.8 Å². The van der Waals surface area contributed by atoms with Crippen molar-refractivity contribution in [2.75, 3.05) is 27.2 Å². The highest BCUT2D eigenvalue weighted by Gasteiger charge is 2.00. The van der Waals surface area contributed by atoms with Crippen molar-refractivity contribution in [3.63, 3.8) is 0 Å². The molecule has 0 unspecified atom stereocenters. The second-order valence-corrected chi connectivity index (χ2v) is 2.07. The third-order valence-electron chi connectivity index (χ3n) is 1.25. The molecule has 0 aromatic heterocycles. The molecule has 0 saturated carbocycles. The second-order valence-electron chi connectivity index (χ2n) is 2.07. The highest BCUT2D eigenvalue weighted by molar-refractivity contribution is 5.86. The van der Waals surface area contributed by atoms with Gasteiger partial charge in [-0.15, -0.1) is 0 Å². The number of rotatable bonds is 4. The second kappa shape index (κ2) is 10.2. The zero-order chi connectivity index (χ0) is 9.98. The van der Waals surface area contributed by atoms with E-state index < -0.39 is 0 Å². The quantitative estimate of drug-likeness (QED) is 0.638. The van der Waals surface area contributed by atoms with Crippen molar-refractivity contribution >= 4 is 5.91 Å². The van der Waals surface area contributed by atoms with Gasteiger partial charge in [-0.3, -0.25) is 4.79 Å². The Bertz CT molecular complexity index is 124. The first kappa shape index (κ1) is 13.7. The molecule has 3 nitrogen and oxygen atoms in total. The van der Waals surface area contributed by atoms with Crippen LogP contribution in [0.3, 0.4) is 0 Å². The highest BCUT2D eigenvalue weighted by Crippen LogP contribution is 1.82. The average Bonchev–Trinajstić information content (AvgIpc) is 2.16. The van der Waals surface area contributed by atoms with Gasteiger partial charge in [-0.25, -0.2) is 0 Å². The molecule has 0 aromatic carbocycles. The Morgan fingerprint density at radius 3 is 2.42 bits per heavy atom.